The minimum Gasteiger partial charge on any atom is -0.444 e. The monoisotopic (exact) mass is 439 g/mol. The van der Waals surface area contributed by atoms with Crippen molar-refractivity contribution in [2.75, 3.05) is 5.32 Å². The van der Waals surface area contributed by atoms with E-state index >= 15 is 0 Å². The number of rotatable bonds is 3. The Morgan fingerprint density at radius 3 is 2.68 bits per heavy atom. The van der Waals surface area contributed by atoms with Crippen LogP contribution in [-0.4, -0.2) is 22.6 Å². The predicted molar refractivity (Wildman–Crippen MR) is 111 cm³/mol. The van der Waals surface area contributed by atoms with Crippen LogP contribution in [0.3, 0.4) is 0 Å². The van der Waals surface area contributed by atoms with Crippen LogP contribution in [0.2, 0.25) is 0 Å². The fourth-order valence-corrected chi connectivity index (χ4v) is 3.30. The first-order chi connectivity index (χ1) is 15.6. The van der Waals surface area contributed by atoms with E-state index in [9.17, 15) is 22.4 Å². The number of ether oxygens (including phenoxy) is 1. The molecule has 0 fully saturated rings. The van der Waals surface area contributed by atoms with Gasteiger partial charge >= 0.3 is 6.09 Å². The van der Waals surface area contributed by atoms with Gasteiger partial charge in [0.05, 0.1) is 11.4 Å². The number of carbonyl (C=O) groups is 1. The number of pyridine rings is 1. The SMILES string of the molecule is [2H]C([2H])([2H])C1CC(F)(F)CC=C1c1nccc(-c2cc(F)ccc2F)c1NC(=O)OC(C)(C)C. The van der Waals surface area contributed by atoms with Gasteiger partial charge in [0.2, 0.25) is 0 Å². The summed E-state index contributed by atoms with van der Waals surface area (Å²) in [5.74, 6) is -6.42. The van der Waals surface area contributed by atoms with Crippen molar-refractivity contribution in [3.8, 4) is 11.1 Å². The third-order valence-corrected chi connectivity index (χ3v) is 4.57. The standard InChI is InChI=1S/C23H24F4N2O2/c1-13-12-23(26,27)9-7-15(13)19-20(29-21(30)31-22(2,3)4)16(8-10-28-19)17-11-14(24)5-6-18(17)25/h5-8,10-11,13H,9,12H2,1-4H3,(H,29,30)/i1D3. The lowest BCUT2D eigenvalue weighted by molar-refractivity contribution is -0.0161. The number of nitrogens with one attached hydrogen (secondary N) is 1. The van der Waals surface area contributed by atoms with E-state index in [0.717, 1.165) is 24.3 Å². The van der Waals surface area contributed by atoms with E-state index in [2.05, 4.69) is 10.3 Å². The Balaban J connectivity index is 2.24. The van der Waals surface area contributed by atoms with Gasteiger partial charge in [0, 0.05) is 34.3 Å². The topological polar surface area (TPSA) is 51.2 Å². The Hall–Kier alpha value is -2.90. The molecular weight excluding hydrogens is 412 g/mol. The first-order valence-corrected chi connectivity index (χ1v) is 9.60. The second-order valence-electron chi connectivity index (χ2n) is 8.31. The van der Waals surface area contributed by atoms with E-state index in [-0.39, 0.29) is 28.1 Å². The molecule has 0 radical (unpaired) electrons. The van der Waals surface area contributed by atoms with E-state index in [1.807, 2.05) is 0 Å². The second kappa shape index (κ2) is 8.32. The third kappa shape index (κ3) is 5.42. The van der Waals surface area contributed by atoms with Crippen LogP contribution < -0.4 is 5.32 Å². The van der Waals surface area contributed by atoms with E-state index in [4.69, 9.17) is 8.85 Å². The molecular formula is C23H24F4N2O2. The molecule has 2 aromatic rings. The Morgan fingerprint density at radius 2 is 2.00 bits per heavy atom. The zero-order valence-electron chi connectivity index (χ0n) is 20.2. The van der Waals surface area contributed by atoms with Crippen LogP contribution in [0.25, 0.3) is 16.7 Å². The zero-order chi connectivity index (χ0) is 25.5. The van der Waals surface area contributed by atoms with Gasteiger partial charge in [-0.3, -0.25) is 10.3 Å². The van der Waals surface area contributed by atoms with Crippen molar-refractivity contribution < 1.29 is 31.2 Å². The number of amides is 1. The maximum absolute atomic E-state index is 14.7. The van der Waals surface area contributed by atoms with Gasteiger partial charge in [-0.25, -0.2) is 22.4 Å². The number of anilines is 1. The normalized spacial score (nSPS) is 20.2. The van der Waals surface area contributed by atoms with Crippen molar-refractivity contribution in [3.05, 3.63) is 53.9 Å². The molecule has 1 atom stereocenters. The molecule has 0 saturated carbocycles. The van der Waals surface area contributed by atoms with E-state index in [0.29, 0.717) is 0 Å². The summed E-state index contributed by atoms with van der Waals surface area (Å²) in [6, 6.07) is 4.02. The molecule has 1 aliphatic rings. The lowest BCUT2D eigenvalue weighted by atomic mass is 9.83. The summed E-state index contributed by atoms with van der Waals surface area (Å²) < 4.78 is 85.5. The van der Waals surface area contributed by atoms with Crippen LogP contribution in [0.5, 0.6) is 0 Å². The molecule has 0 bridgehead atoms. The fraction of sp³-hybridized carbons (Fsp3) is 0.391. The van der Waals surface area contributed by atoms with Gasteiger partial charge in [0.15, 0.2) is 0 Å². The maximum atomic E-state index is 14.7. The van der Waals surface area contributed by atoms with Gasteiger partial charge in [-0.2, -0.15) is 0 Å². The molecule has 0 aliphatic heterocycles. The number of carbonyl (C=O) groups excluding carboxylic acids is 1. The first kappa shape index (κ1) is 18.8. The number of allylic oxidation sites excluding steroid dienone is 2. The quantitative estimate of drug-likeness (QED) is 0.534. The lowest BCUT2D eigenvalue weighted by Crippen LogP contribution is -2.28. The van der Waals surface area contributed by atoms with Crippen molar-refractivity contribution in [2.24, 2.45) is 5.92 Å². The molecule has 1 aliphatic carbocycles. The average molecular weight is 439 g/mol. The highest BCUT2D eigenvalue weighted by Crippen LogP contribution is 2.44. The highest BCUT2D eigenvalue weighted by Gasteiger charge is 2.37. The number of halogens is 4. The van der Waals surface area contributed by atoms with Crippen molar-refractivity contribution in [1.82, 2.24) is 4.98 Å². The molecule has 1 amide bonds. The Labute approximate surface area is 182 Å². The predicted octanol–water partition coefficient (Wildman–Crippen LogP) is 6.82. The number of aromatic nitrogens is 1. The molecule has 1 unspecified atom stereocenters. The molecule has 166 valence electrons. The highest BCUT2D eigenvalue weighted by atomic mass is 19.3. The van der Waals surface area contributed by atoms with Gasteiger partial charge in [-0.1, -0.05) is 12.9 Å². The van der Waals surface area contributed by atoms with Crippen molar-refractivity contribution in [3.63, 3.8) is 0 Å². The number of alkyl halides is 2. The number of hydrogen-bond acceptors (Lipinski definition) is 3. The van der Waals surface area contributed by atoms with E-state index in [1.165, 1.54) is 12.3 Å². The van der Waals surface area contributed by atoms with Crippen LogP contribution >= 0.6 is 0 Å². The summed E-state index contributed by atoms with van der Waals surface area (Å²) in [4.78, 5) is 16.8. The molecule has 31 heavy (non-hydrogen) atoms. The molecule has 1 aromatic carbocycles. The molecule has 8 heteroatoms. The van der Waals surface area contributed by atoms with Crippen LogP contribution in [0.15, 0.2) is 36.5 Å². The number of hydrogen-bond donors (Lipinski definition) is 1. The summed E-state index contributed by atoms with van der Waals surface area (Å²) in [7, 11) is 0. The smallest absolute Gasteiger partial charge is 0.412 e. The minimum atomic E-state index is -3.24. The number of benzene rings is 1. The second-order valence-corrected chi connectivity index (χ2v) is 8.31. The summed E-state index contributed by atoms with van der Waals surface area (Å²) in [6.45, 7) is 2.03. The van der Waals surface area contributed by atoms with E-state index in [1.54, 1.807) is 20.8 Å². The Bertz CT molecular complexity index is 1130. The van der Waals surface area contributed by atoms with Gasteiger partial charge < -0.3 is 4.74 Å². The highest BCUT2D eigenvalue weighted by molar-refractivity contribution is 5.96. The van der Waals surface area contributed by atoms with Crippen LogP contribution in [0.4, 0.5) is 28.0 Å². The van der Waals surface area contributed by atoms with Crippen LogP contribution in [-0.2, 0) is 4.74 Å². The molecule has 3 rings (SSSR count). The molecule has 1 heterocycles. The zero-order valence-corrected chi connectivity index (χ0v) is 17.2. The van der Waals surface area contributed by atoms with Crippen molar-refractivity contribution in [1.29, 1.82) is 0 Å². The van der Waals surface area contributed by atoms with Crippen LogP contribution in [0.1, 0.15) is 50.3 Å². The average Bonchev–Trinajstić information content (AvgIpc) is 2.67. The number of nitrogens with zero attached hydrogens (tertiary/aromatic N) is 1. The first-order valence-electron chi connectivity index (χ1n) is 11.1. The lowest BCUT2D eigenvalue weighted by Gasteiger charge is -2.29. The van der Waals surface area contributed by atoms with Crippen molar-refractivity contribution in [2.45, 2.75) is 52.0 Å². The summed E-state index contributed by atoms with van der Waals surface area (Å²) in [5, 5.41) is 2.45. The Kier molecular flexibility index (Phi) is 5.06. The summed E-state index contributed by atoms with van der Waals surface area (Å²) >= 11 is 0. The molecule has 4 nitrogen and oxygen atoms in total. The largest absolute Gasteiger partial charge is 0.444 e. The summed E-state index contributed by atoms with van der Waals surface area (Å²) in [6.07, 6.45) is -0.386. The summed E-state index contributed by atoms with van der Waals surface area (Å²) in [5.41, 5.74) is -1.52. The Morgan fingerprint density at radius 1 is 1.26 bits per heavy atom. The van der Waals surface area contributed by atoms with Crippen molar-refractivity contribution >= 4 is 17.4 Å². The van der Waals surface area contributed by atoms with E-state index < -0.39 is 54.9 Å². The van der Waals surface area contributed by atoms with Gasteiger partial charge in [-0.15, -0.1) is 0 Å². The molecule has 1 aromatic heterocycles. The molecule has 1 N–H and O–H groups in total. The van der Waals surface area contributed by atoms with Gasteiger partial charge in [0.25, 0.3) is 5.92 Å². The van der Waals surface area contributed by atoms with Gasteiger partial charge in [-0.05, 0) is 56.5 Å². The molecule has 0 spiro atoms. The fourth-order valence-electron chi connectivity index (χ4n) is 3.30. The molecule has 0 saturated heterocycles. The van der Waals surface area contributed by atoms with Crippen LogP contribution in [0, 0.1) is 17.6 Å². The third-order valence-electron chi connectivity index (χ3n) is 4.57. The minimum absolute atomic E-state index is 0.0182. The maximum Gasteiger partial charge on any atom is 0.412 e. The van der Waals surface area contributed by atoms with Gasteiger partial charge in [0.1, 0.15) is 17.2 Å².